The Morgan fingerprint density at radius 3 is 2.41 bits per heavy atom. The number of allylic oxidation sites excluding steroid dienone is 1. The van der Waals surface area contributed by atoms with E-state index < -0.39 is 46.6 Å². The van der Waals surface area contributed by atoms with E-state index in [1.165, 1.54) is 6.08 Å². The standard InChI is InChI=1S/C28H39NO5/c1-17-9-8-12-20-24(31)27(4,34)18(2)23-21(15-19-10-6-5-7-11-19)29-25(32)28(20,23)22(30)13-14-26(3,33)16-17/h5-8,10-14,17-18,20-24,30-31,33-34H,9,15-16H2,1-4H3,(H,29,32)/b12-8+,14-13+/t17-,18-,20-,21-,22+,23-,24-,26-,27-,28?/m0/s1. The van der Waals surface area contributed by atoms with Crippen LogP contribution in [0.15, 0.2) is 54.6 Å². The van der Waals surface area contributed by atoms with Crippen LogP contribution in [-0.2, 0) is 11.2 Å². The van der Waals surface area contributed by atoms with Gasteiger partial charge in [0.05, 0.1) is 28.8 Å². The van der Waals surface area contributed by atoms with Gasteiger partial charge in [-0.1, -0.05) is 68.5 Å². The molecule has 34 heavy (non-hydrogen) atoms. The van der Waals surface area contributed by atoms with Gasteiger partial charge in [0.2, 0.25) is 5.91 Å². The van der Waals surface area contributed by atoms with Gasteiger partial charge < -0.3 is 25.7 Å². The lowest BCUT2D eigenvalue weighted by molar-refractivity contribution is -0.212. The van der Waals surface area contributed by atoms with Crippen LogP contribution < -0.4 is 5.32 Å². The molecule has 4 rings (SSSR count). The van der Waals surface area contributed by atoms with E-state index in [-0.39, 0.29) is 17.9 Å². The number of aliphatic hydroxyl groups excluding tert-OH is 2. The number of rotatable bonds is 2. The molecular formula is C28H39NO5. The van der Waals surface area contributed by atoms with Crippen molar-refractivity contribution in [1.82, 2.24) is 5.32 Å². The third-order valence-corrected chi connectivity index (χ3v) is 8.71. The molecule has 1 saturated carbocycles. The van der Waals surface area contributed by atoms with Crippen LogP contribution in [0.5, 0.6) is 0 Å². The first-order chi connectivity index (χ1) is 15.9. The Morgan fingerprint density at radius 2 is 1.74 bits per heavy atom. The van der Waals surface area contributed by atoms with E-state index in [2.05, 4.69) is 5.32 Å². The lowest BCUT2D eigenvalue weighted by Crippen LogP contribution is -2.67. The predicted molar refractivity (Wildman–Crippen MR) is 131 cm³/mol. The first kappa shape index (κ1) is 25.1. The van der Waals surface area contributed by atoms with Gasteiger partial charge in [-0.25, -0.2) is 0 Å². The Kier molecular flexibility index (Phi) is 6.58. The zero-order valence-electron chi connectivity index (χ0n) is 20.6. The molecule has 1 heterocycles. The number of benzene rings is 1. The monoisotopic (exact) mass is 469 g/mol. The second-order valence-corrected chi connectivity index (χ2v) is 11.3. The van der Waals surface area contributed by atoms with Crippen molar-refractivity contribution in [3.63, 3.8) is 0 Å². The molecule has 0 radical (unpaired) electrons. The first-order valence-corrected chi connectivity index (χ1v) is 12.4. The summed E-state index contributed by atoms with van der Waals surface area (Å²) in [5.41, 5.74) is -2.92. The van der Waals surface area contributed by atoms with Gasteiger partial charge in [-0.2, -0.15) is 0 Å². The number of hydrogen-bond acceptors (Lipinski definition) is 5. The summed E-state index contributed by atoms with van der Waals surface area (Å²) in [6.07, 6.45) is 6.07. The number of amides is 1. The zero-order valence-corrected chi connectivity index (χ0v) is 20.6. The molecule has 1 spiro atoms. The molecule has 2 fully saturated rings. The summed E-state index contributed by atoms with van der Waals surface area (Å²) >= 11 is 0. The maximum atomic E-state index is 13.9. The van der Waals surface area contributed by atoms with E-state index >= 15 is 0 Å². The summed E-state index contributed by atoms with van der Waals surface area (Å²) in [5.74, 6) is -1.89. The van der Waals surface area contributed by atoms with Crippen LogP contribution in [0.1, 0.15) is 46.1 Å². The van der Waals surface area contributed by atoms with Gasteiger partial charge in [-0.05, 0) is 50.5 Å². The molecule has 6 heteroatoms. The summed E-state index contributed by atoms with van der Waals surface area (Å²) in [6, 6.07) is 9.52. The first-order valence-electron chi connectivity index (χ1n) is 12.4. The van der Waals surface area contributed by atoms with Gasteiger partial charge >= 0.3 is 0 Å². The Hall–Kier alpha value is -1.99. The molecule has 1 aromatic carbocycles. The molecule has 2 aliphatic carbocycles. The minimum atomic E-state index is -1.45. The highest BCUT2D eigenvalue weighted by molar-refractivity contribution is 5.88. The normalized spacial score (nSPS) is 48.7. The minimum Gasteiger partial charge on any atom is -0.389 e. The number of hydrogen-bond donors (Lipinski definition) is 5. The van der Waals surface area contributed by atoms with Crippen molar-refractivity contribution in [3.8, 4) is 0 Å². The second-order valence-electron chi connectivity index (χ2n) is 11.3. The SMILES string of the molecule is C[C@H]1C/C=C/[C@H]2[C@H](O)[C@@](C)(O)[C@@H](C)[C@H]3[C@H](Cc4ccccc4)NC(=O)C32[C@H](O)/C=C/[C@](C)(O)C1. The number of carbonyl (C=O) groups excluding carboxylic acids is 1. The molecule has 186 valence electrons. The number of aliphatic hydroxyl groups is 4. The largest absolute Gasteiger partial charge is 0.389 e. The lowest BCUT2D eigenvalue weighted by Gasteiger charge is -2.56. The third-order valence-electron chi connectivity index (χ3n) is 8.71. The highest BCUT2D eigenvalue weighted by atomic mass is 16.3. The van der Waals surface area contributed by atoms with Crippen LogP contribution in [0.2, 0.25) is 0 Å². The summed E-state index contributed by atoms with van der Waals surface area (Å²) in [6.45, 7) is 7.22. The highest BCUT2D eigenvalue weighted by Gasteiger charge is 2.71. The van der Waals surface area contributed by atoms with Gasteiger partial charge in [0.15, 0.2) is 0 Å². The third kappa shape index (κ3) is 4.05. The van der Waals surface area contributed by atoms with Crippen molar-refractivity contribution in [2.45, 2.75) is 76.4 Å². The fourth-order valence-electron chi connectivity index (χ4n) is 6.87. The molecule has 1 unspecified atom stereocenters. The molecular weight excluding hydrogens is 430 g/mol. The molecule has 1 saturated heterocycles. The topological polar surface area (TPSA) is 110 Å². The highest BCUT2D eigenvalue weighted by Crippen LogP contribution is 2.59. The van der Waals surface area contributed by atoms with Crippen molar-refractivity contribution in [2.75, 3.05) is 0 Å². The van der Waals surface area contributed by atoms with Crippen LogP contribution in [0.25, 0.3) is 0 Å². The lowest BCUT2D eigenvalue weighted by atomic mass is 9.49. The van der Waals surface area contributed by atoms with Gasteiger partial charge in [-0.3, -0.25) is 4.79 Å². The molecule has 5 N–H and O–H groups in total. The molecule has 0 aromatic heterocycles. The molecule has 1 aromatic rings. The molecule has 10 atom stereocenters. The van der Waals surface area contributed by atoms with E-state index in [0.717, 1.165) is 5.56 Å². The quantitative estimate of drug-likeness (QED) is 0.427. The average Bonchev–Trinajstić information content (AvgIpc) is 3.04. The predicted octanol–water partition coefficient (Wildman–Crippen LogP) is 2.36. The van der Waals surface area contributed by atoms with Crippen molar-refractivity contribution in [2.24, 2.45) is 29.1 Å². The van der Waals surface area contributed by atoms with Crippen LogP contribution in [0, 0.1) is 29.1 Å². The van der Waals surface area contributed by atoms with Gasteiger partial charge in [0, 0.05) is 17.9 Å². The second kappa shape index (κ2) is 8.90. The van der Waals surface area contributed by atoms with Gasteiger partial charge in [0.25, 0.3) is 0 Å². The number of carbonyl (C=O) groups is 1. The van der Waals surface area contributed by atoms with Crippen molar-refractivity contribution in [1.29, 1.82) is 0 Å². The fourth-order valence-corrected chi connectivity index (χ4v) is 6.87. The zero-order chi connectivity index (χ0) is 24.9. The summed E-state index contributed by atoms with van der Waals surface area (Å²) in [5, 5.41) is 48.6. The molecule has 1 aliphatic heterocycles. The Bertz CT molecular complexity index is 955. The van der Waals surface area contributed by atoms with E-state index in [1.54, 1.807) is 19.9 Å². The Balaban J connectivity index is 1.88. The molecule has 1 amide bonds. The molecule has 6 nitrogen and oxygen atoms in total. The van der Waals surface area contributed by atoms with E-state index in [9.17, 15) is 25.2 Å². The van der Waals surface area contributed by atoms with Crippen LogP contribution in [-0.4, -0.2) is 55.8 Å². The van der Waals surface area contributed by atoms with E-state index in [1.807, 2.05) is 56.3 Å². The van der Waals surface area contributed by atoms with Gasteiger partial charge in [-0.15, -0.1) is 0 Å². The van der Waals surface area contributed by atoms with Crippen LogP contribution in [0.4, 0.5) is 0 Å². The maximum absolute atomic E-state index is 13.9. The van der Waals surface area contributed by atoms with Crippen molar-refractivity contribution < 1.29 is 25.2 Å². The summed E-state index contributed by atoms with van der Waals surface area (Å²) in [7, 11) is 0. The molecule has 3 aliphatic rings. The summed E-state index contributed by atoms with van der Waals surface area (Å²) in [4.78, 5) is 13.9. The van der Waals surface area contributed by atoms with Gasteiger partial charge in [0.1, 0.15) is 0 Å². The van der Waals surface area contributed by atoms with Crippen molar-refractivity contribution >= 4 is 5.91 Å². The average molecular weight is 470 g/mol. The fraction of sp³-hybridized carbons (Fsp3) is 0.607. The van der Waals surface area contributed by atoms with Crippen LogP contribution in [0.3, 0.4) is 0 Å². The van der Waals surface area contributed by atoms with Crippen molar-refractivity contribution in [3.05, 3.63) is 60.2 Å². The smallest absolute Gasteiger partial charge is 0.230 e. The molecule has 0 bridgehead atoms. The van der Waals surface area contributed by atoms with E-state index in [4.69, 9.17) is 0 Å². The summed E-state index contributed by atoms with van der Waals surface area (Å²) < 4.78 is 0. The van der Waals surface area contributed by atoms with E-state index in [0.29, 0.717) is 19.3 Å². The maximum Gasteiger partial charge on any atom is 0.230 e. The Morgan fingerprint density at radius 1 is 1.06 bits per heavy atom. The number of nitrogens with one attached hydrogen (secondary N) is 1. The van der Waals surface area contributed by atoms with Crippen LogP contribution >= 0.6 is 0 Å². The Labute approximate surface area is 202 Å². The minimum absolute atomic E-state index is 0.154.